The van der Waals surface area contributed by atoms with E-state index in [4.69, 9.17) is 5.84 Å². The van der Waals surface area contributed by atoms with E-state index in [1.807, 2.05) is 35.7 Å². The van der Waals surface area contributed by atoms with E-state index in [1.165, 1.54) is 35.6 Å². The molecule has 4 nitrogen and oxygen atoms in total. The summed E-state index contributed by atoms with van der Waals surface area (Å²) in [6.45, 7) is 0. The molecule has 0 aliphatic rings. The molecule has 3 aromatic rings. The third-order valence-corrected chi connectivity index (χ3v) is 3.92. The first-order valence-electron chi connectivity index (χ1n) is 6.51. The van der Waals surface area contributed by atoms with Gasteiger partial charge in [-0.25, -0.2) is 20.2 Å². The Labute approximate surface area is 130 Å². The molecule has 2 N–H and O–H groups in total. The number of hydrazine groups is 1. The number of thiazole rings is 1. The summed E-state index contributed by atoms with van der Waals surface area (Å²) in [4.78, 5) is 16.6. The van der Waals surface area contributed by atoms with Crippen molar-refractivity contribution >= 4 is 22.4 Å². The van der Waals surface area contributed by atoms with Gasteiger partial charge in [0.1, 0.15) is 5.82 Å². The zero-order valence-corrected chi connectivity index (χ0v) is 12.3. The first kappa shape index (κ1) is 14.4. The van der Waals surface area contributed by atoms with Gasteiger partial charge in [0.25, 0.3) is 5.91 Å². The molecule has 0 saturated heterocycles. The number of carbonyl (C=O) groups excluding carboxylic acids is 1. The lowest BCUT2D eigenvalue weighted by atomic mass is 10.2. The second-order valence-electron chi connectivity index (χ2n) is 4.56. The molecule has 0 aliphatic heterocycles. The Hall–Kier alpha value is -2.57. The fraction of sp³-hybridized carbons (Fsp3) is 0. The SMILES string of the molecule is NN(C(=O)c1ccc(F)cc1)c1nc(-c2ccccc2)cs1. The highest BCUT2D eigenvalue weighted by atomic mass is 32.1. The van der Waals surface area contributed by atoms with Gasteiger partial charge in [0.2, 0.25) is 5.13 Å². The summed E-state index contributed by atoms with van der Waals surface area (Å²) in [5.74, 6) is 5.00. The van der Waals surface area contributed by atoms with E-state index >= 15 is 0 Å². The number of nitrogens with zero attached hydrogens (tertiary/aromatic N) is 2. The predicted molar refractivity (Wildman–Crippen MR) is 84.9 cm³/mol. The Morgan fingerprint density at radius 3 is 2.45 bits per heavy atom. The number of rotatable bonds is 3. The van der Waals surface area contributed by atoms with Crippen molar-refractivity contribution in [3.63, 3.8) is 0 Å². The van der Waals surface area contributed by atoms with Gasteiger partial charge in [0.05, 0.1) is 5.69 Å². The highest BCUT2D eigenvalue weighted by Crippen LogP contribution is 2.26. The molecule has 0 bridgehead atoms. The lowest BCUT2D eigenvalue weighted by Gasteiger charge is -2.12. The van der Waals surface area contributed by atoms with Crippen molar-refractivity contribution in [3.8, 4) is 11.3 Å². The standard InChI is InChI=1S/C16H12FN3OS/c17-13-8-6-12(7-9-13)15(21)20(18)16-19-14(10-22-16)11-4-2-1-3-5-11/h1-10H,18H2. The van der Waals surface area contributed by atoms with Crippen molar-refractivity contribution in [3.05, 3.63) is 71.4 Å². The van der Waals surface area contributed by atoms with Crippen LogP contribution < -0.4 is 10.9 Å². The highest BCUT2D eigenvalue weighted by molar-refractivity contribution is 7.14. The van der Waals surface area contributed by atoms with E-state index < -0.39 is 11.7 Å². The van der Waals surface area contributed by atoms with Gasteiger partial charge in [0.15, 0.2) is 0 Å². The van der Waals surface area contributed by atoms with Crippen molar-refractivity contribution in [2.75, 3.05) is 5.01 Å². The van der Waals surface area contributed by atoms with Gasteiger partial charge >= 0.3 is 0 Å². The molecule has 1 aromatic heterocycles. The first-order chi connectivity index (χ1) is 10.6. The average Bonchev–Trinajstić information content (AvgIpc) is 3.05. The normalized spacial score (nSPS) is 10.5. The molecule has 0 spiro atoms. The molecule has 0 radical (unpaired) electrons. The van der Waals surface area contributed by atoms with Crippen LogP contribution in [-0.2, 0) is 0 Å². The van der Waals surface area contributed by atoms with Crippen LogP contribution in [-0.4, -0.2) is 10.9 Å². The molecule has 0 aliphatic carbocycles. The van der Waals surface area contributed by atoms with E-state index in [1.54, 1.807) is 0 Å². The topological polar surface area (TPSA) is 59.2 Å². The van der Waals surface area contributed by atoms with E-state index in [9.17, 15) is 9.18 Å². The van der Waals surface area contributed by atoms with Crippen LogP contribution in [0, 0.1) is 5.82 Å². The van der Waals surface area contributed by atoms with Gasteiger partial charge in [-0.3, -0.25) is 4.79 Å². The largest absolute Gasteiger partial charge is 0.274 e. The third kappa shape index (κ3) is 2.88. The Morgan fingerprint density at radius 2 is 1.77 bits per heavy atom. The minimum Gasteiger partial charge on any atom is -0.267 e. The number of anilines is 1. The molecule has 0 saturated carbocycles. The molecule has 2 aromatic carbocycles. The molecular formula is C16H12FN3OS. The smallest absolute Gasteiger partial charge is 0.267 e. The molecule has 1 amide bonds. The average molecular weight is 313 g/mol. The van der Waals surface area contributed by atoms with Crippen LogP contribution in [0.25, 0.3) is 11.3 Å². The molecule has 6 heteroatoms. The molecule has 1 heterocycles. The van der Waals surface area contributed by atoms with Crippen molar-refractivity contribution < 1.29 is 9.18 Å². The lowest BCUT2D eigenvalue weighted by molar-refractivity contribution is 0.0987. The predicted octanol–water partition coefficient (Wildman–Crippen LogP) is 3.47. The van der Waals surface area contributed by atoms with Crippen LogP contribution in [0.5, 0.6) is 0 Å². The minimum absolute atomic E-state index is 0.306. The van der Waals surface area contributed by atoms with Gasteiger partial charge in [-0.15, -0.1) is 11.3 Å². The summed E-state index contributed by atoms with van der Waals surface area (Å²) < 4.78 is 12.9. The Balaban J connectivity index is 1.83. The van der Waals surface area contributed by atoms with E-state index in [2.05, 4.69) is 4.98 Å². The molecule has 0 atom stereocenters. The lowest BCUT2D eigenvalue weighted by Crippen LogP contribution is -2.37. The number of aromatic nitrogens is 1. The Kier molecular flexibility index (Phi) is 3.95. The van der Waals surface area contributed by atoms with Gasteiger partial charge in [0, 0.05) is 16.5 Å². The van der Waals surface area contributed by atoms with Crippen molar-refractivity contribution in [2.45, 2.75) is 0 Å². The summed E-state index contributed by atoms with van der Waals surface area (Å²) in [5.41, 5.74) is 2.01. The third-order valence-electron chi connectivity index (χ3n) is 3.08. The monoisotopic (exact) mass is 313 g/mol. The molecule has 3 rings (SSSR count). The number of hydrogen-bond donors (Lipinski definition) is 1. The van der Waals surface area contributed by atoms with Crippen LogP contribution in [0.3, 0.4) is 0 Å². The maximum absolute atomic E-state index is 12.9. The number of carbonyl (C=O) groups is 1. The number of nitrogens with two attached hydrogens (primary N) is 1. The second kappa shape index (κ2) is 6.05. The molecule has 0 unspecified atom stereocenters. The van der Waals surface area contributed by atoms with Gasteiger partial charge < -0.3 is 0 Å². The van der Waals surface area contributed by atoms with Gasteiger partial charge in [-0.1, -0.05) is 30.3 Å². The maximum atomic E-state index is 12.9. The molecule has 110 valence electrons. The van der Waals surface area contributed by atoms with Crippen LogP contribution in [0.1, 0.15) is 10.4 Å². The number of halogens is 1. The minimum atomic E-state index is -0.436. The van der Waals surface area contributed by atoms with E-state index in [-0.39, 0.29) is 0 Å². The van der Waals surface area contributed by atoms with Crippen LogP contribution >= 0.6 is 11.3 Å². The van der Waals surface area contributed by atoms with E-state index in [0.29, 0.717) is 10.7 Å². The Bertz CT molecular complexity index is 787. The number of benzene rings is 2. The van der Waals surface area contributed by atoms with Crippen molar-refractivity contribution in [1.29, 1.82) is 0 Å². The highest BCUT2D eigenvalue weighted by Gasteiger charge is 2.17. The Morgan fingerprint density at radius 1 is 1.09 bits per heavy atom. The van der Waals surface area contributed by atoms with Crippen molar-refractivity contribution in [1.82, 2.24) is 4.98 Å². The fourth-order valence-corrected chi connectivity index (χ4v) is 2.69. The second-order valence-corrected chi connectivity index (χ2v) is 5.40. The van der Waals surface area contributed by atoms with Crippen LogP contribution in [0.15, 0.2) is 60.0 Å². The zero-order valence-electron chi connectivity index (χ0n) is 11.4. The molecular weight excluding hydrogens is 301 g/mol. The van der Waals surface area contributed by atoms with Gasteiger partial charge in [-0.05, 0) is 24.3 Å². The number of amides is 1. The van der Waals surface area contributed by atoms with Crippen LogP contribution in [0.2, 0.25) is 0 Å². The first-order valence-corrected chi connectivity index (χ1v) is 7.39. The maximum Gasteiger partial charge on any atom is 0.274 e. The van der Waals surface area contributed by atoms with Gasteiger partial charge in [-0.2, -0.15) is 0 Å². The summed E-state index contributed by atoms with van der Waals surface area (Å²) in [6.07, 6.45) is 0. The number of hydrogen-bond acceptors (Lipinski definition) is 4. The quantitative estimate of drug-likeness (QED) is 0.457. The fourth-order valence-electron chi connectivity index (χ4n) is 1.93. The summed E-state index contributed by atoms with van der Waals surface area (Å²) >= 11 is 1.27. The van der Waals surface area contributed by atoms with Crippen molar-refractivity contribution in [2.24, 2.45) is 5.84 Å². The summed E-state index contributed by atoms with van der Waals surface area (Å²) in [7, 11) is 0. The summed E-state index contributed by atoms with van der Waals surface area (Å²) in [5, 5.41) is 3.19. The summed E-state index contributed by atoms with van der Waals surface area (Å²) in [6, 6.07) is 14.8. The molecule has 0 fully saturated rings. The molecule has 22 heavy (non-hydrogen) atoms. The van der Waals surface area contributed by atoms with Crippen LogP contribution in [0.4, 0.5) is 9.52 Å². The van der Waals surface area contributed by atoms with E-state index in [0.717, 1.165) is 16.3 Å². The zero-order chi connectivity index (χ0) is 15.5.